The van der Waals surface area contributed by atoms with Gasteiger partial charge in [-0.1, -0.05) is 6.07 Å². The molecule has 0 spiro atoms. The molecule has 3 rings (SSSR count). The molecule has 0 saturated heterocycles. The van der Waals surface area contributed by atoms with Gasteiger partial charge in [-0.15, -0.1) is 17.9 Å². The van der Waals surface area contributed by atoms with Gasteiger partial charge in [-0.2, -0.15) is 0 Å². The predicted molar refractivity (Wildman–Crippen MR) is 82.0 cm³/mol. The number of rotatable bonds is 6. The van der Waals surface area contributed by atoms with E-state index in [1.54, 1.807) is 11.1 Å². The molecule has 0 bridgehead atoms. The van der Waals surface area contributed by atoms with Crippen molar-refractivity contribution in [1.82, 2.24) is 19.0 Å². The molecular weight excluding hydrogens is 329 g/mol. The number of amides is 1. The third-order valence-electron chi connectivity index (χ3n) is 3.64. The number of alkyl halides is 3. The molecule has 124 valence electrons. The highest BCUT2D eigenvalue weighted by Crippen LogP contribution is 2.20. The summed E-state index contributed by atoms with van der Waals surface area (Å²) >= 11 is -0.728. The fraction of sp³-hybridized carbons (Fsp3) is 0.429. The molecule has 5 nitrogen and oxygen atoms in total. The molecule has 23 heavy (non-hydrogen) atoms. The summed E-state index contributed by atoms with van der Waals surface area (Å²) in [6, 6.07) is 5.69. The SMILES string of the molecule is O=C1c2cnc3cccc(n23)CN1CCCCN[SH+]C(F)(F)F. The second kappa shape index (κ2) is 6.40. The fourth-order valence-corrected chi connectivity index (χ4v) is 3.09. The molecule has 0 atom stereocenters. The van der Waals surface area contributed by atoms with E-state index in [0.717, 1.165) is 11.3 Å². The van der Waals surface area contributed by atoms with Gasteiger partial charge in [-0.25, -0.2) is 4.98 Å². The van der Waals surface area contributed by atoms with Crippen LogP contribution in [0.3, 0.4) is 0 Å². The third-order valence-corrected chi connectivity index (χ3v) is 4.28. The number of imidazole rings is 1. The van der Waals surface area contributed by atoms with E-state index in [1.165, 1.54) is 0 Å². The van der Waals surface area contributed by atoms with E-state index in [1.807, 2.05) is 22.6 Å². The standard InChI is InChI=1S/C14H15F3N4OS/c15-14(16,17)23-19-6-1-2-7-20-9-10-4-3-5-12-18-8-11(13(20)22)21(10)12/h3-5,8,19H,1-2,6-7,9H2/p+1. The minimum absolute atomic E-state index is 0.0856. The number of unbranched alkanes of at least 4 members (excludes halogenated alkanes) is 1. The van der Waals surface area contributed by atoms with Gasteiger partial charge in [0.05, 0.1) is 12.7 Å². The van der Waals surface area contributed by atoms with Crippen LogP contribution in [0.4, 0.5) is 13.2 Å². The van der Waals surface area contributed by atoms with Crippen molar-refractivity contribution in [2.24, 2.45) is 0 Å². The molecule has 1 amide bonds. The number of nitrogens with zero attached hydrogens (tertiary/aromatic N) is 3. The first-order chi connectivity index (χ1) is 11.0. The molecule has 2 aromatic rings. The van der Waals surface area contributed by atoms with Crippen LogP contribution in [0.15, 0.2) is 24.4 Å². The Hall–Kier alpha value is -1.74. The van der Waals surface area contributed by atoms with Gasteiger partial charge in [-0.05, 0) is 25.0 Å². The summed E-state index contributed by atoms with van der Waals surface area (Å²) in [5, 5.41) is 0. The van der Waals surface area contributed by atoms with Crippen LogP contribution in [-0.4, -0.2) is 38.8 Å². The van der Waals surface area contributed by atoms with E-state index in [9.17, 15) is 18.0 Å². The number of carbonyl (C=O) groups is 1. The smallest absolute Gasteiger partial charge is 0.331 e. The fourth-order valence-electron chi connectivity index (χ4n) is 2.64. The minimum atomic E-state index is -4.21. The lowest BCUT2D eigenvalue weighted by atomic mass is 10.2. The number of hydrogen-bond donors (Lipinski definition) is 1. The van der Waals surface area contributed by atoms with Crippen molar-refractivity contribution < 1.29 is 18.0 Å². The first-order valence-electron chi connectivity index (χ1n) is 7.22. The molecule has 1 N–H and O–H groups in total. The van der Waals surface area contributed by atoms with Crippen molar-refractivity contribution in [3.8, 4) is 0 Å². The Morgan fingerprint density at radius 3 is 2.91 bits per heavy atom. The van der Waals surface area contributed by atoms with Gasteiger partial charge >= 0.3 is 5.51 Å². The first kappa shape index (κ1) is 16.1. The van der Waals surface area contributed by atoms with Crippen molar-refractivity contribution in [1.29, 1.82) is 0 Å². The average molecular weight is 345 g/mol. The van der Waals surface area contributed by atoms with Crippen LogP contribution < -0.4 is 4.72 Å². The Kier molecular flexibility index (Phi) is 4.49. The number of thiol groups is 1. The Morgan fingerprint density at radius 2 is 2.13 bits per heavy atom. The summed E-state index contributed by atoms with van der Waals surface area (Å²) in [6.07, 6.45) is 2.80. The number of hydrogen-bond acceptors (Lipinski definition) is 3. The second-order valence-corrected chi connectivity index (χ2v) is 6.32. The van der Waals surface area contributed by atoms with Crippen LogP contribution in [0.5, 0.6) is 0 Å². The van der Waals surface area contributed by atoms with Crippen molar-refractivity contribution >= 4 is 23.5 Å². The van der Waals surface area contributed by atoms with E-state index in [4.69, 9.17) is 0 Å². The van der Waals surface area contributed by atoms with Gasteiger partial charge in [0.2, 0.25) is 0 Å². The van der Waals surface area contributed by atoms with Crippen molar-refractivity contribution in [3.63, 3.8) is 0 Å². The minimum Gasteiger partial charge on any atom is -0.331 e. The lowest BCUT2D eigenvalue weighted by Crippen LogP contribution is -2.37. The zero-order valence-corrected chi connectivity index (χ0v) is 13.1. The highest BCUT2D eigenvalue weighted by atomic mass is 32.2. The summed E-state index contributed by atoms with van der Waals surface area (Å²) in [6.45, 7) is 1.29. The maximum atomic E-state index is 12.4. The highest BCUT2D eigenvalue weighted by molar-refractivity contribution is 7.77. The Bertz CT molecular complexity index is 716. The summed E-state index contributed by atoms with van der Waals surface area (Å²) < 4.78 is 40.1. The largest absolute Gasteiger partial charge is 0.592 e. The van der Waals surface area contributed by atoms with Crippen molar-refractivity contribution in [2.75, 3.05) is 13.1 Å². The molecule has 0 saturated carbocycles. The van der Waals surface area contributed by atoms with Crippen LogP contribution in [0.1, 0.15) is 29.0 Å². The van der Waals surface area contributed by atoms with E-state index in [2.05, 4.69) is 9.71 Å². The molecule has 0 aromatic carbocycles. The van der Waals surface area contributed by atoms with Gasteiger partial charge in [0.15, 0.2) is 11.9 Å². The summed E-state index contributed by atoms with van der Waals surface area (Å²) in [5.74, 6) is -0.0856. The number of halogens is 3. The van der Waals surface area contributed by atoms with Gasteiger partial charge < -0.3 is 4.90 Å². The van der Waals surface area contributed by atoms with Crippen LogP contribution in [-0.2, 0) is 18.5 Å². The zero-order chi connectivity index (χ0) is 16.4. The van der Waals surface area contributed by atoms with Crippen LogP contribution in [0, 0.1) is 0 Å². The third kappa shape index (κ3) is 3.61. The molecule has 1 aliphatic rings. The Balaban J connectivity index is 1.52. The molecule has 1 aliphatic heterocycles. The number of pyridine rings is 1. The average Bonchev–Trinajstić information content (AvgIpc) is 2.92. The molecule has 2 aromatic heterocycles. The summed E-state index contributed by atoms with van der Waals surface area (Å²) in [7, 11) is 0. The summed E-state index contributed by atoms with van der Waals surface area (Å²) in [4.78, 5) is 18.3. The predicted octanol–water partition coefficient (Wildman–Crippen LogP) is 1.91. The van der Waals surface area contributed by atoms with E-state index >= 15 is 0 Å². The molecule has 0 fully saturated rings. The molecule has 0 radical (unpaired) electrons. The molecule has 0 unspecified atom stereocenters. The number of aromatic nitrogens is 2. The van der Waals surface area contributed by atoms with Crippen molar-refractivity contribution in [3.05, 3.63) is 35.8 Å². The maximum absolute atomic E-state index is 12.4. The van der Waals surface area contributed by atoms with Gasteiger partial charge in [0.1, 0.15) is 11.3 Å². The van der Waals surface area contributed by atoms with Gasteiger partial charge in [-0.3, -0.25) is 9.20 Å². The topological polar surface area (TPSA) is 49.6 Å². The second-order valence-electron chi connectivity index (χ2n) is 5.28. The van der Waals surface area contributed by atoms with Gasteiger partial charge in [0.25, 0.3) is 5.91 Å². The lowest BCUT2D eigenvalue weighted by Gasteiger charge is -2.27. The zero-order valence-electron chi connectivity index (χ0n) is 12.2. The van der Waals surface area contributed by atoms with Crippen molar-refractivity contribution in [2.45, 2.75) is 24.9 Å². The highest BCUT2D eigenvalue weighted by Gasteiger charge is 2.38. The number of carbonyl (C=O) groups excluding carboxylic acids is 1. The first-order valence-corrected chi connectivity index (χ1v) is 8.11. The Morgan fingerprint density at radius 1 is 1.30 bits per heavy atom. The van der Waals surface area contributed by atoms with Crippen LogP contribution >= 0.6 is 0 Å². The quantitative estimate of drug-likeness (QED) is 0.494. The van der Waals surface area contributed by atoms with E-state index in [0.29, 0.717) is 31.6 Å². The number of nitrogens with one attached hydrogen (secondary N) is 1. The lowest BCUT2D eigenvalue weighted by molar-refractivity contribution is -0.0349. The molecule has 9 heteroatoms. The molecule has 0 aliphatic carbocycles. The molecule has 3 heterocycles. The summed E-state index contributed by atoms with van der Waals surface area (Å²) in [5.41, 5.74) is -1.93. The van der Waals surface area contributed by atoms with Crippen LogP contribution in [0.25, 0.3) is 5.65 Å². The monoisotopic (exact) mass is 345 g/mol. The van der Waals surface area contributed by atoms with E-state index < -0.39 is 17.5 Å². The molecular formula is C14H16F3N4OS+. The Labute approximate surface area is 135 Å². The van der Waals surface area contributed by atoms with Gasteiger partial charge in [0, 0.05) is 18.8 Å². The van der Waals surface area contributed by atoms with Crippen LogP contribution in [0.2, 0.25) is 0 Å². The van der Waals surface area contributed by atoms with E-state index in [-0.39, 0.29) is 12.5 Å². The normalized spacial score (nSPS) is 14.7. The maximum Gasteiger partial charge on any atom is 0.592 e.